The van der Waals surface area contributed by atoms with Gasteiger partial charge in [0.05, 0.1) is 49.2 Å². The van der Waals surface area contributed by atoms with Crippen LogP contribution < -0.4 is 25.7 Å². The predicted molar refractivity (Wildman–Crippen MR) is 164 cm³/mol. The number of ether oxygens (including phenoxy) is 3. The van der Waals surface area contributed by atoms with Crippen molar-refractivity contribution < 1.29 is 28.6 Å². The zero-order chi connectivity index (χ0) is 30.8. The van der Waals surface area contributed by atoms with Crippen molar-refractivity contribution in [3.8, 4) is 11.5 Å². The Morgan fingerprint density at radius 2 is 1.65 bits per heavy atom. The molecule has 11 nitrogen and oxygen atoms in total. The number of fused-ring (bicyclic) bond motifs is 1. The molecule has 0 fully saturated rings. The standard InChI is InChI=1S/C31H32N4O7S/c1-40-25-13-12-20(18-26(25)41-2)14-16-32-27(36)15-17-35-29(38)21-8-4-6-10-23(21)34-31(35)43-19-28(37)33-24-11-7-5-9-22(24)30(39)42-3/h4-13,18H,14-17,19H2,1-3H3,(H,32,36)(H,33,37). The van der Waals surface area contributed by atoms with E-state index in [0.29, 0.717) is 46.2 Å². The summed E-state index contributed by atoms with van der Waals surface area (Å²) in [5, 5.41) is 6.32. The fourth-order valence-electron chi connectivity index (χ4n) is 4.34. The molecule has 43 heavy (non-hydrogen) atoms. The van der Waals surface area contributed by atoms with Gasteiger partial charge in [-0.05, 0) is 48.4 Å². The quantitative estimate of drug-likeness (QED) is 0.133. The highest BCUT2D eigenvalue weighted by molar-refractivity contribution is 7.99. The van der Waals surface area contributed by atoms with Crippen molar-refractivity contribution in [2.24, 2.45) is 0 Å². The molecule has 4 rings (SSSR count). The van der Waals surface area contributed by atoms with E-state index in [4.69, 9.17) is 14.2 Å². The van der Waals surface area contributed by atoms with Crippen molar-refractivity contribution in [2.45, 2.75) is 24.5 Å². The lowest BCUT2D eigenvalue weighted by Crippen LogP contribution is -2.30. The van der Waals surface area contributed by atoms with Gasteiger partial charge in [-0.1, -0.05) is 42.1 Å². The van der Waals surface area contributed by atoms with Gasteiger partial charge >= 0.3 is 5.97 Å². The maximum Gasteiger partial charge on any atom is 0.339 e. The number of methoxy groups -OCH3 is 3. The Morgan fingerprint density at radius 1 is 0.907 bits per heavy atom. The van der Waals surface area contributed by atoms with Crippen molar-refractivity contribution in [1.82, 2.24) is 14.9 Å². The number of carbonyl (C=O) groups is 3. The van der Waals surface area contributed by atoms with E-state index in [1.165, 1.54) is 11.7 Å². The number of rotatable bonds is 13. The Kier molecular flexibility index (Phi) is 10.8. The minimum Gasteiger partial charge on any atom is -0.493 e. The SMILES string of the molecule is COC(=O)c1ccccc1NC(=O)CSc1nc2ccccc2c(=O)n1CCC(=O)NCCc1ccc(OC)c(OC)c1. The van der Waals surface area contributed by atoms with Crippen molar-refractivity contribution in [3.05, 3.63) is 88.2 Å². The number of hydrogen-bond donors (Lipinski definition) is 2. The highest BCUT2D eigenvalue weighted by atomic mass is 32.2. The van der Waals surface area contributed by atoms with Gasteiger partial charge in [0, 0.05) is 19.5 Å². The van der Waals surface area contributed by atoms with Gasteiger partial charge in [-0.2, -0.15) is 0 Å². The highest BCUT2D eigenvalue weighted by Gasteiger charge is 2.17. The van der Waals surface area contributed by atoms with Crippen molar-refractivity contribution in [1.29, 1.82) is 0 Å². The van der Waals surface area contributed by atoms with Crippen molar-refractivity contribution in [3.63, 3.8) is 0 Å². The monoisotopic (exact) mass is 604 g/mol. The number of nitrogens with one attached hydrogen (secondary N) is 2. The first-order valence-electron chi connectivity index (χ1n) is 13.4. The van der Waals surface area contributed by atoms with Crippen LogP contribution in [-0.4, -0.2) is 61.0 Å². The van der Waals surface area contributed by atoms with Crippen LogP contribution in [0.2, 0.25) is 0 Å². The van der Waals surface area contributed by atoms with Gasteiger partial charge < -0.3 is 24.8 Å². The molecule has 0 aliphatic heterocycles. The zero-order valence-corrected chi connectivity index (χ0v) is 24.9. The summed E-state index contributed by atoms with van der Waals surface area (Å²) >= 11 is 1.07. The predicted octanol–water partition coefficient (Wildman–Crippen LogP) is 3.68. The van der Waals surface area contributed by atoms with E-state index in [1.807, 2.05) is 18.2 Å². The summed E-state index contributed by atoms with van der Waals surface area (Å²) < 4.78 is 16.8. The zero-order valence-electron chi connectivity index (χ0n) is 24.0. The molecule has 1 aromatic heterocycles. The first kappa shape index (κ1) is 31.1. The molecule has 0 radical (unpaired) electrons. The molecule has 1 heterocycles. The molecule has 0 unspecified atom stereocenters. The number of esters is 1. The van der Waals surface area contributed by atoms with Crippen LogP contribution >= 0.6 is 11.8 Å². The summed E-state index contributed by atoms with van der Waals surface area (Å²) in [4.78, 5) is 55.5. The van der Waals surface area contributed by atoms with Crippen LogP contribution in [0.3, 0.4) is 0 Å². The van der Waals surface area contributed by atoms with Crippen LogP contribution in [0.15, 0.2) is 76.7 Å². The van der Waals surface area contributed by atoms with Crippen LogP contribution in [-0.2, 0) is 27.3 Å². The minimum absolute atomic E-state index is 0.0398. The molecule has 0 aliphatic rings. The Balaban J connectivity index is 1.41. The van der Waals surface area contributed by atoms with Gasteiger partial charge in [0.1, 0.15) is 0 Å². The molecule has 4 aromatic rings. The molecule has 2 N–H and O–H groups in total. The maximum absolute atomic E-state index is 13.4. The number of thioether (sulfide) groups is 1. The molecular weight excluding hydrogens is 572 g/mol. The fraction of sp³-hybridized carbons (Fsp3) is 0.258. The molecule has 0 saturated carbocycles. The summed E-state index contributed by atoms with van der Waals surface area (Å²) in [5.74, 6) is -0.0483. The molecule has 0 spiro atoms. The van der Waals surface area contributed by atoms with Crippen LogP contribution in [0.25, 0.3) is 10.9 Å². The number of anilines is 1. The van der Waals surface area contributed by atoms with E-state index in [0.717, 1.165) is 17.3 Å². The fourth-order valence-corrected chi connectivity index (χ4v) is 5.16. The van der Waals surface area contributed by atoms with Crippen LogP contribution in [0, 0.1) is 0 Å². The van der Waals surface area contributed by atoms with E-state index < -0.39 is 11.9 Å². The summed E-state index contributed by atoms with van der Waals surface area (Å²) in [6.07, 6.45) is 0.622. The van der Waals surface area contributed by atoms with Gasteiger partial charge in [-0.15, -0.1) is 0 Å². The van der Waals surface area contributed by atoms with E-state index in [2.05, 4.69) is 15.6 Å². The van der Waals surface area contributed by atoms with Crippen molar-refractivity contribution in [2.75, 3.05) is 38.9 Å². The summed E-state index contributed by atoms with van der Waals surface area (Å²) in [5.41, 5.74) is 1.69. The third-order valence-corrected chi connectivity index (χ3v) is 7.49. The lowest BCUT2D eigenvalue weighted by atomic mass is 10.1. The number of aromatic nitrogens is 2. The van der Waals surface area contributed by atoms with Gasteiger partial charge in [0.25, 0.3) is 5.56 Å². The maximum atomic E-state index is 13.4. The summed E-state index contributed by atoms with van der Waals surface area (Å²) in [7, 11) is 4.40. The molecular formula is C31H32N4O7S. The molecule has 12 heteroatoms. The first-order chi connectivity index (χ1) is 20.8. The van der Waals surface area contributed by atoms with Gasteiger partial charge in [-0.25, -0.2) is 9.78 Å². The van der Waals surface area contributed by atoms with E-state index in [9.17, 15) is 19.2 Å². The van der Waals surface area contributed by atoms with Crippen LogP contribution in [0.4, 0.5) is 5.69 Å². The average Bonchev–Trinajstić information content (AvgIpc) is 3.03. The normalized spacial score (nSPS) is 10.7. The first-order valence-corrected chi connectivity index (χ1v) is 14.4. The summed E-state index contributed by atoms with van der Waals surface area (Å²) in [6, 6.07) is 19.0. The molecule has 224 valence electrons. The van der Waals surface area contributed by atoms with E-state index in [-0.39, 0.29) is 35.7 Å². The minimum atomic E-state index is -0.574. The number of carbonyl (C=O) groups excluding carboxylic acids is 3. The topological polar surface area (TPSA) is 138 Å². The number of hydrogen-bond acceptors (Lipinski definition) is 9. The van der Waals surface area contributed by atoms with Gasteiger partial charge in [-0.3, -0.25) is 19.0 Å². The van der Waals surface area contributed by atoms with Crippen molar-refractivity contribution >= 4 is 46.1 Å². The molecule has 3 aromatic carbocycles. The molecule has 2 amide bonds. The summed E-state index contributed by atoms with van der Waals surface area (Å²) in [6.45, 7) is 0.474. The Bertz CT molecular complexity index is 1690. The number of benzene rings is 3. The second-order valence-corrected chi connectivity index (χ2v) is 10.2. The number of nitrogens with zero attached hydrogens (tertiary/aromatic N) is 2. The van der Waals surface area contributed by atoms with E-state index >= 15 is 0 Å². The third-order valence-electron chi connectivity index (χ3n) is 6.51. The van der Waals surface area contributed by atoms with Crippen LogP contribution in [0.5, 0.6) is 11.5 Å². The Labute approximate surface area is 252 Å². The number of amides is 2. The largest absolute Gasteiger partial charge is 0.493 e. The lowest BCUT2D eigenvalue weighted by molar-refractivity contribution is -0.121. The second-order valence-electron chi connectivity index (χ2n) is 9.28. The Hall–Kier alpha value is -4.84. The highest BCUT2D eigenvalue weighted by Crippen LogP contribution is 2.27. The Morgan fingerprint density at radius 3 is 2.42 bits per heavy atom. The molecule has 0 saturated heterocycles. The molecule has 0 atom stereocenters. The lowest BCUT2D eigenvalue weighted by Gasteiger charge is -2.14. The average molecular weight is 605 g/mol. The number of para-hydroxylation sites is 2. The third kappa shape index (κ3) is 7.92. The smallest absolute Gasteiger partial charge is 0.339 e. The van der Waals surface area contributed by atoms with E-state index in [1.54, 1.807) is 62.8 Å². The van der Waals surface area contributed by atoms with Gasteiger partial charge in [0.15, 0.2) is 16.7 Å². The second kappa shape index (κ2) is 14.9. The molecule has 0 bridgehead atoms. The van der Waals surface area contributed by atoms with Crippen LogP contribution in [0.1, 0.15) is 22.3 Å². The molecule has 0 aliphatic carbocycles. The van der Waals surface area contributed by atoms with Gasteiger partial charge in [0.2, 0.25) is 11.8 Å².